The van der Waals surface area contributed by atoms with Crippen LogP contribution in [0.2, 0.25) is 0 Å². The fourth-order valence-corrected chi connectivity index (χ4v) is 5.84. The molecule has 2 aliphatic rings. The molecule has 4 rings (SSSR count). The Morgan fingerprint density at radius 2 is 1.79 bits per heavy atom. The van der Waals surface area contributed by atoms with Crippen LogP contribution in [0.3, 0.4) is 0 Å². The summed E-state index contributed by atoms with van der Waals surface area (Å²) in [6.45, 7) is 3.27. The predicted octanol–water partition coefficient (Wildman–Crippen LogP) is 2.32. The van der Waals surface area contributed by atoms with Crippen molar-refractivity contribution in [3.05, 3.63) is 42.0 Å². The van der Waals surface area contributed by atoms with Gasteiger partial charge >= 0.3 is 0 Å². The number of carbonyl (C=O) groups excluding carboxylic acids is 3. The molecule has 3 N–H and O–H groups in total. The van der Waals surface area contributed by atoms with Gasteiger partial charge in [0.25, 0.3) is 5.91 Å². The van der Waals surface area contributed by atoms with Crippen molar-refractivity contribution >= 4 is 44.8 Å². The van der Waals surface area contributed by atoms with Crippen molar-refractivity contribution in [1.29, 1.82) is 0 Å². The molecule has 0 aromatic heterocycles. The normalized spacial score (nSPS) is 18.3. The summed E-state index contributed by atoms with van der Waals surface area (Å²) in [4.78, 5) is 35.6. The number of rotatable bonds is 5. The topological polar surface area (TPSA) is 134 Å². The Kier molecular flexibility index (Phi) is 6.58. The molecule has 1 fully saturated rings. The van der Waals surface area contributed by atoms with E-state index in [4.69, 9.17) is 4.74 Å². The zero-order valence-corrected chi connectivity index (χ0v) is 19.7. The Labute approximate surface area is 197 Å². The number of nitrogens with one attached hydrogen (secondary N) is 3. The molecule has 2 aromatic carbocycles. The van der Waals surface area contributed by atoms with Crippen LogP contribution < -0.4 is 20.7 Å². The van der Waals surface area contributed by atoms with Crippen LogP contribution in [0, 0.1) is 12.8 Å². The van der Waals surface area contributed by atoms with Gasteiger partial charge in [-0.1, -0.05) is 0 Å². The lowest BCUT2D eigenvalue weighted by Crippen LogP contribution is -2.43. The van der Waals surface area contributed by atoms with E-state index in [9.17, 15) is 22.8 Å². The zero-order valence-electron chi connectivity index (χ0n) is 18.9. The third-order valence-electron chi connectivity index (χ3n) is 5.76. The number of hydrogen-bond donors (Lipinski definition) is 3. The first-order valence-electron chi connectivity index (χ1n) is 10.9. The number of hydrogen-bond acceptors (Lipinski definition) is 6. The zero-order chi connectivity index (χ0) is 24.5. The lowest BCUT2D eigenvalue weighted by atomic mass is 9.98. The molecule has 1 unspecified atom stereocenters. The number of benzene rings is 2. The highest BCUT2D eigenvalue weighted by Crippen LogP contribution is 2.35. The van der Waals surface area contributed by atoms with Gasteiger partial charge < -0.3 is 20.7 Å². The number of amides is 3. The molecule has 1 saturated heterocycles. The molecule has 34 heavy (non-hydrogen) atoms. The third-order valence-corrected chi connectivity index (χ3v) is 7.76. The Morgan fingerprint density at radius 1 is 1.12 bits per heavy atom. The maximum absolute atomic E-state index is 13.4. The molecule has 2 heterocycles. The number of sulfonamides is 1. The summed E-state index contributed by atoms with van der Waals surface area (Å²) < 4.78 is 33.6. The minimum absolute atomic E-state index is 0.0618. The summed E-state index contributed by atoms with van der Waals surface area (Å²) in [5.41, 5.74) is 2.09. The summed E-state index contributed by atoms with van der Waals surface area (Å²) in [5.74, 6) is -0.951. The quantitative estimate of drug-likeness (QED) is 0.594. The molecule has 0 bridgehead atoms. The van der Waals surface area contributed by atoms with E-state index in [1.54, 1.807) is 37.3 Å². The maximum atomic E-state index is 13.4. The van der Waals surface area contributed by atoms with Gasteiger partial charge in [-0.15, -0.1) is 0 Å². The largest absolute Gasteiger partial charge is 0.482 e. The predicted molar refractivity (Wildman–Crippen MR) is 126 cm³/mol. The molecular weight excluding hydrogens is 460 g/mol. The van der Waals surface area contributed by atoms with E-state index in [1.807, 2.05) is 0 Å². The minimum Gasteiger partial charge on any atom is -0.482 e. The summed E-state index contributed by atoms with van der Waals surface area (Å²) in [6, 6.07) is 9.72. The summed E-state index contributed by atoms with van der Waals surface area (Å²) >= 11 is 0. The van der Waals surface area contributed by atoms with Crippen molar-refractivity contribution in [1.82, 2.24) is 4.31 Å². The van der Waals surface area contributed by atoms with Gasteiger partial charge in [0.2, 0.25) is 21.8 Å². The van der Waals surface area contributed by atoms with Crippen molar-refractivity contribution in [2.24, 2.45) is 5.92 Å². The van der Waals surface area contributed by atoms with Gasteiger partial charge in [-0.2, -0.15) is 4.31 Å². The molecule has 3 amide bonds. The average molecular weight is 487 g/mol. The number of ether oxygens (including phenoxy) is 1. The fourth-order valence-electron chi connectivity index (χ4n) is 4.09. The van der Waals surface area contributed by atoms with Crippen LogP contribution in [0.1, 0.15) is 25.3 Å². The second-order valence-corrected chi connectivity index (χ2v) is 10.3. The molecule has 0 aliphatic carbocycles. The number of carbonyl (C=O) groups is 3. The van der Waals surface area contributed by atoms with E-state index >= 15 is 0 Å². The van der Waals surface area contributed by atoms with Crippen LogP contribution in [0.25, 0.3) is 0 Å². The summed E-state index contributed by atoms with van der Waals surface area (Å²) in [5, 5.41) is 8.16. The van der Waals surface area contributed by atoms with E-state index in [-0.39, 0.29) is 35.8 Å². The molecule has 180 valence electrons. The smallest absolute Gasteiger partial charge is 0.262 e. The Bertz CT molecular complexity index is 1240. The first kappa shape index (κ1) is 23.7. The van der Waals surface area contributed by atoms with Gasteiger partial charge in [0.1, 0.15) is 5.75 Å². The first-order chi connectivity index (χ1) is 16.1. The van der Waals surface area contributed by atoms with E-state index in [0.29, 0.717) is 47.8 Å². The first-order valence-corrected chi connectivity index (χ1v) is 12.3. The molecule has 2 aliphatic heterocycles. The van der Waals surface area contributed by atoms with Gasteiger partial charge in [0.15, 0.2) is 6.61 Å². The van der Waals surface area contributed by atoms with Crippen LogP contribution in [0.15, 0.2) is 41.3 Å². The molecule has 0 spiro atoms. The second-order valence-electron chi connectivity index (χ2n) is 8.40. The van der Waals surface area contributed by atoms with Crippen molar-refractivity contribution in [2.75, 3.05) is 35.6 Å². The Balaban J connectivity index is 1.47. The van der Waals surface area contributed by atoms with Crippen molar-refractivity contribution in [3.8, 4) is 5.75 Å². The number of anilines is 3. The summed E-state index contributed by atoms with van der Waals surface area (Å²) in [6.07, 6.45) is 1.12. The average Bonchev–Trinajstić information content (AvgIpc) is 2.79. The van der Waals surface area contributed by atoms with E-state index < -0.39 is 15.9 Å². The Hall–Kier alpha value is -3.44. The fraction of sp³-hybridized carbons (Fsp3) is 0.348. The number of nitrogens with zero attached hydrogens (tertiary/aromatic N) is 1. The molecule has 0 radical (unpaired) electrons. The third kappa shape index (κ3) is 5.05. The van der Waals surface area contributed by atoms with Gasteiger partial charge in [-0.05, 0) is 55.7 Å². The highest BCUT2D eigenvalue weighted by atomic mass is 32.2. The monoisotopic (exact) mass is 486 g/mol. The van der Waals surface area contributed by atoms with Gasteiger partial charge in [-0.25, -0.2) is 8.42 Å². The maximum Gasteiger partial charge on any atom is 0.262 e. The van der Waals surface area contributed by atoms with Gasteiger partial charge in [0, 0.05) is 37.5 Å². The highest BCUT2D eigenvalue weighted by molar-refractivity contribution is 7.89. The standard InChI is InChI=1S/C23H26N4O6S/c1-14-10-19-20(33-13-22(29)26-19)11-21(14)34(31,32)27-9-3-4-16(12-27)23(30)25-18-7-5-17(6-8-18)24-15(2)28/h5-8,10-11,16H,3-4,9,12-13H2,1-2H3,(H,24,28)(H,25,30)(H,26,29). The van der Waals surface area contributed by atoms with Crippen molar-refractivity contribution in [2.45, 2.75) is 31.6 Å². The van der Waals surface area contributed by atoms with Crippen molar-refractivity contribution in [3.63, 3.8) is 0 Å². The van der Waals surface area contributed by atoms with Gasteiger partial charge in [0.05, 0.1) is 16.5 Å². The molecular formula is C23H26N4O6S. The molecule has 10 nitrogen and oxygen atoms in total. The van der Waals surface area contributed by atoms with Crippen molar-refractivity contribution < 1.29 is 27.5 Å². The van der Waals surface area contributed by atoms with Crippen LogP contribution in [0.5, 0.6) is 5.75 Å². The molecule has 2 aromatic rings. The van der Waals surface area contributed by atoms with E-state index in [0.717, 1.165) is 0 Å². The minimum atomic E-state index is -3.88. The highest BCUT2D eigenvalue weighted by Gasteiger charge is 2.35. The number of fused-ring (bicyclic) bond motifs is 1. The lowest BCUT2D eigenvalue weighted by molar-refractivity contribution is -0.121. The Morgan fingerprint density at radius 3 is 2.47 bits per heavy atom. The van der Waals surface area contributed by atoms with Crippen LogP contribution in [0.4, 0.5) is 17.1 Å². The van der Waals surface area contributed by atoms with Gasteiger partial charge in [-0.3, -0.25) is 14.4 Å². The van der Waals surface area contributed by atoms with Crippen LogP contribution in [-0.2, 0) is 24.4 Å². The van der Waals surface area contributed by atoms with Crippen LogP contribution in [-0.4, -0.2) is 50.1 Å². The van der Waals surface area contributed by atoms with E-state index in [1.165, 1.54) is 17.3 Å². The van der Waals surface area contributed by atoms with E-state index in [2.05, 4.69) is 16.0 Å². The number of aryl methyl sites for hydroxylation is 1. The summed E-state index contributed by atoms with van der Waals surface area (Å²) in [7, 11) is -3.88. The molecule has 1 atom stereocenters. The number of piperidine rings is 1. The molecule has 11 heteroatoms. The SMILES string of the molecule is CC(=O)Nc1ccc(NC(=O)C2CCCN(S(=O)(=O)c3cc4c(cc3C)NC(=O)CO4)C2)cc1. The molecule has 0 saturated carbocycles. The lowest BCUT2D eigenvalue weighted by Gasteiger charge is -2.32. The second kappa shape index (κ2) is 9.43. The van der Waals surface area contributed by atoms with Crippen LogP contribution >= 0.6 is 0 Å².